The minimum atomic E-state index is -0.586. The van der Waals surface area contributed by atoms with Crippen LogP contribution in [0.25, 0.3) is 0 Å². The Kier molecular flexibility index (Phi) is 6.07. The highest BCUT2D eigenvalue weighted by atomic mass is 16.5. The van der Waals surface area contributed by atoms with Crippen molar-refractivity contribution in [2.75, 3.05) is 11.9 Å². The van der Waals surface area contributed by atoms with Crippen molar-refractivity contribution in [1.82, 2.24) is 4.57 Å². The van der Waals surface area contributed by atoms with Crippen LogP contribution in [-0.2, 0) is 19.4 Å². The van der Waals surface area contributed by atoms with Gasteiger partial charge < -0.3 is 19.7 Å². The zero-order valence-corrected chi connectivity index (χ0v) is 16.7. The molecule has 1 amide bonds. The van der Waals surface area contributed by atoms with Crippen LogP contribution < -0.4 is 15.6 Å². The van der Waals surface area contributed by atoms with E-state index in [0.717, 1.165) is 30.5 Å². The molecule has 0 radical (unpaired) electrons. The average Bonchev–Trinajstić information content (AvgIpc) is 2.67. The number of ether oxygens (including phenoxy) is 1. The molecule has 3 rings (SSSR count). The van der Waals surface area contributed by atoms with E-state index in [0.29, 0.717) is 31.0 Å². The van der Waals surface area contributed by atoms with Crippen LogP contribution in [-0.4, -0.2) is 22.2 Å². The number of rotatable bonds is 6. The summed E-state index contributed by atoms with van der Waals surface area (Å²) in [7, 11) is 0. The van der Waals surface area contributed by atoms with Crippen molar-refractivity contribution < 1.29 is 14.6 Å². The van der Waals surface area contributed by atoms with E-state index in [2.05, 4.69) is 5.32 Å². The first kappa shape index (κ1) is 20.0. The molecule has 0 bridgehead atoms. The predicted molar refractivity (Wildman–Crippen MR) is 109 cm³/mol. The number of anilines is 1. The summed E-state index contributed by atoms with van der Waals surface area (Å²) in [6.07, 6.45) is 3.37. The second kappa shape index (κ2) is 8.50. The zero-order chi connectivity index (χ0) is 20.3. The molecule has 1 aliphatic carbocycles. The molecule has 28 heavy (non-hydrogen) atoms. The normalized spacial score (nSPS) is 13.3. The quantitative estimate of drug-likeness (QED) is 0.795. The predicted octanol–water partition coefficient (Wildman–Crippen LogP) is 3.74. The van der Waals surface area contributed by atoms with Crippen LogP contribution in [0.15, 0.2) is 29.1 Å². The Hall–Kier alpha value is -2.76. The van der Waals surface area contributed by atoms with Gasteiger partial charge in [0.15, 0.2) is 0 Å². The van der Waals surface area contributed by atoms with Gasteiger partial charge in [-0.1, -0.05) is 13.8 Å². The van der Waals surface area contributed by atoms with Gasteiger partial charge in [0.2, 0.25) is 0 Å². The third kappa shape index (κ3) is 4.06. The average molecular weight is 384 g/mol. The largest absolute Gasteiger partial charge is 0.507 e. The lowest BCUT2D eigenvalue weighted by molar-refractivity contribution is 0.102. The molecule has 1 heterocycles. The molecule has 0 fully saturated rings. The highest BCUT2D eigenvalue weighted by Gasteiger charge is 2.27. The number of nitrogens with zero attached hydrogens (tertiary/aromatic N) is 1. The van der Waals surface area contributed by atoms with Gasteiger partial charge in [-0.15, -0.1) is 0 Å². The lowest BCUT2D eigenvalue weighted by Gasteiger charge is -2.24. The first-order chi connectivity index (χ1) is 13.4. The molecule has 0 aliphatic heterocycles. The number of fused-ring (bicyclic) bond motifs is 1. The van der Waals surface area contributed by atoms with Crippen LogP contribution >= 0.6 is 0 Å². The lowest BCUT2D eigenvalue weighted by atomic mass is 9.92. The van der Waals surface area contributed by atoms with Gasteiger partial charge >= 0.3 is 0 Å². The molecule has 150 valence electrons. The van der Waals surface area contributed by atoms with Crippen LogP contribution in [0, 0.1) is 5.92 Å². The van der Waals surface area contributed by atoms with Crippen molar-refractivity contribution in [3.8, 4) is 11.5 Å². The minimum absolute atomic E-state index is 0.164. The number of hydrogen-bond donors (Lipinski definition) is 2. The number of carbonyl (C=O) groups is 1. The molecular formula is C22H28N2O4. The summed E-state index contributed by atoms with van der Waals surface area (Å²) in [4.78, 5) is 26.0. The van der Waals surface area contributed by atoms with E-state index in [1.54, 1.807) is 28.8 Å². The van der Waals surface area contributed by atoms with Crippen molar-refractivity contribution in [2.45, 2.75) is 53.0 Å². The Morgan fingerprint density at radius 1 is 1.21 bits per heavy atom. The maximum atomic E-state index is 13.1. The van der Waals surface area contributed by atoms with Gasteiger partial charge in [-0.2, -0.15) is 0 Å². The number of nitrogens with one attached hydrogen (secondary N) is 1. The third-order valence-corrected chi connectivity index (χ3v) is 4.94. The molecule has 1 aromatic carbocycles. The van der Waals surface area contributed by atoms with E-state index in [-0.39, 0.29) is 17.2 Å². The molecule has 6 nitrogen and oxygen atoms in total. The molecular weight excluding hydrogens is 356 g/mol. The molecule has 2 N–H and O–H groups in total. The van der Waals surface area contributed by atoms with Crippen LogP contribution in [0.4, 0.5) is 5.69 Å². The van der Waals surface area contributed by atoms with E-state index < -0.39 is 11.5 Å². The van der Waals surface area contributed by atoms with E-state index in [1.165, 1.54) is 0 Å². The van der Waals surface area contributed by atoms with Crippen LogP contribution in [0.3, 0.4) is 0 Å². The molecule has 1 aliphatic rings. The van der Waals surface area contributed by atoms with Crippen LogP contribution in [0.5, 0.6) is 11.5 Å². The van der Waals surface area contributed by atoms with Gasteiger partial charge in [0, 0.05) is 23.5 Å². The Balaban J connectivity index is 1.98. The number of hydrogen-bond acceptors (Lipinski definition) is 4. The van der Waals surface area contributed by atoms with E-state index in [4.69, 9.17) is 4.74 Å². The molecule has 0 spiro atoms. The highest BCUT2D eigenvalue weighted by molar-refractivity contribution is 6.06. The first-order valence-electron chi connectivity index (χ1n) is 9.94. The van der Waals surface area contributed by atoms with Crippen molar-refractivity contribution in [2.24, 2.45) is 5.92 Å². The molecule has 0 saturated carbocycles. The monoisotopic (exact) mass is 384 g/mol. The number of benzene rings is 1. The second-order valence-corrected chi connectivity index (χ2v) is 7.58. The SMILES string of the molecule is CCOc1ccc(NC(=O)c2c(O)c3c(n(CC(C)C)c2=O)CCCC3)cc1. The molecule has 2 aromatic rings. The van der Waals surface area contributed by atoms with Gasteiger partial charge in [0.1, 0.15) is 17.1 Å². The Morgan fingerprint density at radius 2 is 1.89 bits per heavy atom. The molecule has 0 atom stereocenters. The fraction of sp³-hybridized carbons (Fsp3) is 0.455. The maximum Gasteiger partial charge on any atom is 0.267 e. The Labute approximate surface area is 165 Å². The van der Waals surface area contributed by atoms with Gasteiger partial charge in [0.05, 0.1) is 6.61 Å². The van der Waals surface area contributed by atoms with Gasteiger partial charge in [0.25, 0.3) is 11.5 Å². The minimum Gasteiger partial charge on any atom is -0.507 e. The summed E-state index contributed by atoms with van der Waals surface area (Å²) >= 11 is 0. The summed E-state index contributed by atoms with van der Waals surface area (Å²) in [5, 5.41) is 13.5. The van der Waals surface area contributed by atoms with Crippen molar-refractivity contribution in [1.29, 1.82) is 0 Å². The van der Waals surface area contributed by atoms with Crippen LogP contribution in [0.1, 0.15) is 55.2 Å². The number of amides is 1. The van der Waals surface area contributed by atoms with Crippen molar-refractivity contribution >= 4 is 11.6 Å². The molecule has 0 unspecified atom stereocenters. The van der Waals surface area contributed by atoms with Gasteiger partial charge in [-0.25, -0.2) is 0 Å². The summed E-state index contributed by atoms with van der Waals surface area (Å²) in [5.41, 5.74) is 1.56. The summed E-state index contributed by atoms with van der Waals surface area (Å²) in [5.74, 6) is 0.215. The summed E-state index contributed by atoms with van der Waals surface area (Å²) < 4.78 is 7.08. The smallest absolute Gasteiger partial charge is 0.267 e. The fourth-order valence-corrected chi connectivity index (χ4v) is 3.71. The Morgan fingerprint density at radius 3 is 2.54 bits per heavy atom. The number of aromatic hydroxyl groups is 1. The number of aromatic nitrogens is 1. The maximum absolute atomic E-state index is 13.1. The number of pyridine rings is 1. The Bertz CT molecular complexity index is 914. The second-order valence-electron chi connectivity index (χ2n) is 7.58. The number of carbonyl (C=O) groups excluding carboxylic acids is 1. The van der Waals surface area contributed by atoms with Crippen LogP contribution in [0.2, 0.25) is 0 Å². The van der Waals surface area contributed by atoms with E-state index in [1.807, 2.05) is 20.8 Å². The first-order valence-corrected chi connectivity index (χ1v) is 9.94. The summed E-state index contributed by atoms with van der Waals surface area (Å²) in [6.45, 7) is 7.06. The fourth-order valence-electron chi connectivity index (χ4n) is 3.71. The van der Waals surface area contributed by atoms with Gasteiger partial charge in [-0.05, 0) is 62.8 Å². The molecule has 0 saturated heterocycles. The van der Waals surface area contributed by atoms with E-state index >= 15 is 0 Å². The summed E-state index contributed by atoms with van der Waals surface area (Å²) in [6, 6.07) is 6.93. The van der Waals surface area contributed by atoms with Crippen molar-refractivity contribution in [3.05, 3.63) is 51.4 Å². The lowest BCUT2D eigenvalue weighted by Crippen LogP contribution is -2.34. The zero-order valence-electron chi connectivity index (χ0n) is 16.7. The molecule has 1 aromatic heterocycles. The van der Waals surface area contributed by atoms with E-state index in [9.17, 15) is 14.7 Å². The van der Waals surface area contributed by atoms with Gasteiger partial charge in [-0.3, -0.25) is 9.59 Å². The topological polar surface area (TPSA) is 80.6 Å². The standard InChI is InChI=1S/C22H28N2O4/c1-4-28-16-11-9-15(10-12-16)23-21(26)19-20(25)17-7-5-6-8-18(17)24(22(19)27)13-14(2)3/h9-12,14,25H,4-8,13H2,1-3H3,(H,23,26). The third-order valence-electron chi connectivity index (χ3n) is 4.94. The molecule has 6 heteroatoms. The highest BCUT2D eigenvalue weighted by Crippen LogP contribution is 2.31. The van der Waals surface area contributed by atoms with Crippen molar-refractivity contribution in [3.63, 3.8) is 0 Å².